The molecule has 2 saturated carbocycles. The molecule has 200 valence electrons. The van der Waals surface area contributed by atoms with Crippen molar-refractivity contribution in [2.75, 3.05) is 7.11 Å². The maximum Gasteiger partial charge on any atom is 0.345 e. The van der Waals surface area contributed by atoms with E-state index in [4.69, 9.17) is 9.84 Å². The van der Waals surface area contributed by atoms with E-state index in [-0.39, 0.29) is 11.7 Å². The van der Waals surface area contributed by atoms with Gasteiger partial charge in [-0.2, -0.15) is 10.3 Å². The van der Waals surface area contributed by atoms with E-state index in [1.165, 1.54) is 45.6 Å². The highest BCUT2D eigenvalue weighted by Gasteiger charge is 2.37. The van der Waals surface area contributed by atoms with Crippen molar-refractivity contribution in [1.82, 2.24) is 35.0 Å². The van der Waals surface area contributed by atoms with E-state index in [9.17, 15) is 9.59 Å². The number of methoxy groups -OCH3 is 1. The first-order valence-corrected chi connectivity index (χ1v) is 14.1. The van der Waals surface area contributed by atoms with Crippen LogP contribution >= 0.6 is 0 Å². The molecule has 2 aromatic rings. The lowest BCUT2D eigenvalue weighted by Gasteiger charge is -2.39. The lowest BCUT2D eigenvalue weighted by Crippen LogP contribution is -2.32. The van der Waals surface area contributed by atoms with Crippen LogP contribution in [0.4, 0.5) is 0 Å². The van der Waals surface area contributed by atoms with Gasteiger partial charge >= 0.3 is 11.7 Å². The van der Waals surface area contributed by atoms with Gasteiger partial charge in [0.05, 0.1) is 7.11 Å². The molecule has 0 aromatic carbocycles. The van der Waals surface area contributed by atoms with Gasteiger partial charge in [0.1, 0.15) is 5.82 Å². The van der Waals surface area contributed by atoms with Gasteiger partial charge in [-0.1, -0.05) is 31.4 Å². The topological polar surface area (TPSA) is 121 Å². The van der Waals surface area contributed by atoms with Crippen molar-refractivity contribution in [2.24, 2.45) is 17.8 Å². The van der Waals surface area contributed by atoms with Gasteiger partial charge in [-0.3, -0.25) is 9.36 Å². The summed E-state index contributed by atoms with van der Waals surface area (Å²) in [6, 6.07) is 0. The number of unbranched alkanes of at least 4 members (excludes halogenated alkanes) is 2. The number of carbonyl (C=O) groups is 1. The Kier molecular flexibility index (Phi) is 9.69. The molecule has 10 nitrogen and oxygen atoms in total. The number of aromatic amines is 1. The quantitative estimate of drug-likeness (QED) is 0.344. The second-order valence-electron chi connectivity index (χ2n) is 10.8. The third-order valence-electron chi connectivity index (χ3n) is 8.43. The van der Waals surface area contributed by atoms with E-state index in [1.54, 1.807) is 4.68 Å². The molecule has 0 spiro atoms. The molecule has 2 fully saturated rings. The van der Waals surface area contributed by atoms with Crippen LogP contribution in [0.1, 0.15) is 108 Å². The van der Waals surface area contributed by atoms with E-state index in [0.29, 0.717) is 43.1 Å². The standard InChI is InChI=1S/C26H43N7O3/c1-3-4-11-23-29-33(17-8-7-12-24(34)36-2)26(35)32(23)18-19-13-15-20(16-14-19)21-9-5-6-10-22(21)25-27-30-31-28-25/h19-22H,3-18H2,1-2H3,(H,27,28,30,31). The number of aryl methyl sites for hydroxylation is 2. The molecule has 4 rings (SSSR count). The first-order chi connectivity index (χ1) is 17.6. The minimum absolute atomic E-state index is 0.00532. The molecule has 1 N–H and O–H groups in total. The van der Waals surface area contributed by atoms with Crippen molar-refractivity contribution in [3.63, 3.8) is 0 Å². The van der Waals surface area contributed by atoms with E-state index >= 15 is 0 Å². The second-order valence-corrected chi connectivity index (χ2v) is 10.8. The molecule has 10 heteroatoms. The van der Waals surface area contributed by atoms with Crippen LogP contribution in [-0.2, 0) is 29.0 Å². The number of nitrogens with zero attached hydrogens (tertiary/aromatic N) is 6. The van der Waals surface area contributed by atoms with Gasteiger partial charge < -0.3 is 4.74 Å². The molecule has 0 radical (unpaired) electrons. The summed E-state index contributed by atoms with van der Waals surface area (Å²) in [5.74, 6) is 3.91. The molecule has 0 aliphatic heterocycles. The van der Waals surface area contributed by atoms with Crippen LogP contribution in [-0.4, -0.2) is 48.1 Å². The molecule has 2 aliphatic rings. The Morgan fingerprint density at radius 3 is 2.61 bits per heavy atom. The van der Waals surface area contributed by atoms with Gasteiger partial charge in [0, 0.05) is 31.8 Å². The Hall–Kier alpha value is -2.52. The number of esters is 1. The molecule has 0 amide bonds. The van der Waals surface area contributed by atoms with Gasteiger partial charge in [-0.05, 0) is 75.5 Å². The van der Waals surface area contributed by atoms with Crippen LogP contribution in [0.5, 0.6) is 0 Å². The summed E-state index contributed by atoms with van der Waals surface area (Å²) in [5, 5.41) is 19.8. The molecular formula is C26H43N7O3. The molecule has 2 aliphatic carbocycles. The molecule has 36 heavy (non-hydrogen) atoms. The smallest absolute Gasteiger partial charge is 0.345 e. The maximum absolute atomic E-state index is 13.2. The number of nitrogens with one attached hydrogen (secondary N) is 1. The molecule has 2 unspecified atom stereocenters. The van der Waals surface area contributed by atoms with E-state index < -0.39 is 0 Å². The monoisotopic (exact) mass is 501 g/mol. The summed E-state index contributed by atoms with van der Waals surface area (Å²) < 4.78 is 8.28. The molecule has 0 saturated heterocycles. The van der Waals surface area contributed by atoms with Crippen LogP contribution in [0.15, 0.2) is 4.79 Å². The Balaban J connectivity index is 1.35. The Morgan fingerprint density at radius 1 is 1.08 bits per heavy atom. The third-order valence-corrected chi connectivity index (χ3v) is 8.43. The van der Waals surface area contributed by atoms with Crippen molar-refractivity contribution < 1.29 is 9.53 Å². The summed E-state index contributed by atoms with van der Waals surface area (Å²) in [4.78, 5) is 24.6. The van der Waals surface area contributed by atoms with Gasteiger partial charge in [-0.25, -0.2) is 9.48 Å². The highest BCUT2D eigenvalue weighted by atomic mass is 16.5. The summed E-state index contributed by atoms with van der Waals surface area (Å²) in [6.45, 7) is 3.49. The van der Waals surface area contributed by atoms with Crippen LogP contribution in [0.25, 0.3) is 0 Å². The van der Waals surface area contributed by atoms with Crippen LogP contribution in [0.3, 0.4) is 0 Å². The van der Waals surface area contributed by atoms with E-state index in [0.717, 1.165) is 56.7 Å². The Labute approximate surface area is 213 Å². The summed E-state index contributed by atoms with van der Waals surface area (Å²) in [6.07, 6.45) is 14.5. The normalized spacial score (nSPS) is 24.6. The highest BCUT2D eigenvalue weighted by Crippen LogP contribution is 2.46. The SMILES string of the molecule is CCCCc1nn(CCCCC(=O)OC)c(=O)n1CC1CCC(C2CCCCC2c2nn[nH]n2)CC1. The zero-order valence-electron chi connectivity index (χ0n) is 22.0. The van der Waals surface area contributed by atoms with Gasteiger partial charge in [-0.15, -0.1) is 10.2 Å². The van der Waals surface area contributed by atoms with Crippen LogP contribution in [0, 0.1) is 17.8 Å². The number of carbonyl (C=O) groups excluding carboxylic acids is 1. The minimum Gasteiger partial charge on any atom is -0.469 e. The minimum atomic E-state index is -0.205. The van der Waals surface area contributed by atoms with Gasteiger partial charge in [0.15, 0.2) is 5.82 Å². The lowest BCUT2D eigenvalue weighted by atomic mass is 9.66. The first-order valence-electron chi connectivity index (χ1n) is 14.1. The fourth-order valence-electron chi connectivity index (χ4n) is 6.40. The van der Waals surface area contributed by atoms with Crippen molar-refractivity contribution in [3.8, 4) is 0 Å². The average Bonchev–Trinajstić information content (AvgIpc) is 3.55. The van der Waals surface area contributed by atoms with Crippen molar-refractivity contribution >= 4 is 5.97 Å². The summed E-state index contributed by atoms with van der Waals surface area (Å²) in [7, 11) is 1.41. The van der Waals surface area contributed by atoms with Gasteiger partial charge in [0.25, 0.3) is 0 Å². The zero-order chi connectivity index (χ0) is 25.3. The number of H-pyrrole nitrogens is 1. The first kappa shape index (κ1) is 26.5. The van der Waals surface area contributed by atoms with Crippen molar-refractivity contribution in [2.45, 2.75) is 116 Å². The zero-order valence-corrected chi connectivity index (χ0v) is 22.0. The number of rotatable bonds is 12. The number of ether oxygens (including phenoxy) is 1. The van der Waals surface area contributed by atoms with E-state index in [2.05, 4.69) is 27.5 Å². The second kappa shape index (κ2) is 13.1. The third kappa shape index (κ3) is 6.62. The summed E-state index contributed by atoms with van der Waals surface area (Å²) >= 11 is 0. The number of tetrazole rings is 1. The number of hydrogen-bond donors (Lipinski definition) is 1. The van der Waals surface area contributed by atoms with Crippen molar-refractivity contribution in [1.29, 1.82) is 0 Å². The van der Waals surface area contributed by atoms with Crippen LogP contribution < -0.4 is 5.69 Å². The van der Waals surface area contributed by atoms with Crippen molar-refractivity contribution in [3.05, 3.63) is 22.1 Å². The average molecular weight is 502 g/mol. The van der Waals surface area contributed by atoms with E-state index in [1.807, 2.05) is 4.57 Å². The lowest BCUT2D eigenvalue weighted by molar-refractivity contribution is -0.140. The Bertz CT molecular complexity index is 992. The largest absolute Gasteiger partial charge is 0.469 e. The van der Waals surface area contributed by atoms with Gasteiger partial charge in [0.2, 0.25) is 0 Å². The fraction of sp³-hybridized carbons (Fsp3) is 0.846. The fourth-order valence-corrected chi connectivity index (χ4v) is 6.40. The van der Waals surface area contributed by atoms with Crippen LogP contribution in [0.2, 0.25) is 0 Å². The highest BCUT2D eigenvalue weighted by molar-refractivity contribution is 5.68. The number of hydrogen-bond acceptors (Lipinski definition) is 7. The predicted molar refractivity (Wildman–Crippen MR) is 135 cm³/mol. The molecule has 2 heterocycles. The number of aromatic nitrogens is 7. The molecule has 2 aromatic heterocycles. The molecule has 2 atom stereocenters. The maximum atomic E-state index is 13.2. The molecular weight excluding hydrogens is 458 g/mol. The molecule has 0 bridgehead atoms. The Morgan fingerprint density at radius 2 is 1.89 bits per heavy atom. The summed E-state index contributed by atoms with van der Waals surface area (Å²) in [5.41, 5.74) is 0.00532. The predicted octanol–water partition coefficient (Wildman–Crippen LogP) is 4.02.